The second kappa shape index (κ2) is 6.58. The summed E-state index contributed by atoms with van der Waals surface area (Å²) in [5.41, 5.74) is 0.674. The van der Waals surface area contributed by atoms with Gasteiger partial charge in [-0.3, -0.25) is 9.69 Å². The third-order valence-corrected chi connectivity index (χ3v) is 3.87. The maximum Gasteiger partial charge on any atom is 0.257 e. The van der Waals surface area contributed by atoms with Gasteiger partial charge in [-0.05, 0) is 12.5 Å². The lowest BCUT2D eigenvalue weighted by Gasteiger charge is -2.36. The highest BCUT2D eigenvalue weighted by molar-refractivity contribution is 5.95. The van der Waals surface area contributed by atoms with Crippen molar-refractivity contribution in [2.24, 2.45) is 0 Å². The maximum atomic E-state index is 12.4. The maximum absolute atomic E-state index is 12.4. The molecule has 0 aromatic carbocycles. The van der Waals surface area contributed by atoms with Crippen LogP contribution < -0.4 is 0 Å². The summed E-state index contributed by atoms with van der Waals surface area (Å²) >= 11 is 0. The molecular weight excluding hydrogens is 254 g/mol. The Morgan fingerprint density at radius 2 is 2.10 bits per heavy atom. The topological polar surface area (TPSA) is 60.5 Å². The lowest BCUT2D eigenvalue weighted by molar-refractivity contribution is 0.0602. The molecule has 0 N–H and O–H groups in total. The molecule has 108 valence electrons. The number of piperazine rings is 1. The van der Waals surface area contributed by atoms with Gasteiger partial charge in [0.15, 0.2) is 0 Å². The first-order valence-corrected chi connectivity index (χ1v) is 7.20. The van der Waals surface area contributed by atoms with Crippen LogP contribution in [0.15, 0.2) is 16.7 Å². The Hall–Kier alpha value is -1.80. The Bertz CT molecular complexity index is 495. The number of furan rings is 1. The van der Waals surface area contributed by atoms with Crippen molar-refractivity contribution in [3.8, 4) is 6.07 Å². The summed E-state index contributed by atoms with van der Waals surface area (Å²) in [6, 6.07) is 4.03. The van der Waals surface area contributed by atoms with Crippen molar-refractivity contribution < 1.29 is 9.21 Å². The molecule has 5 nitrogen and oxygen atoms in total. The van der Waals surface area contributed by atoms with Crippen LogP contribution in [0.4, 0.5) is 0 Å². The fourth-order valence-corrected chi connectivity index (χ4v) is 2.64. The van der Waals surface area contributed by atoms with E-state index in [4.69, 9.17) is 9.68 Å². The minimum atomic E-state index is -0.0348. The van der Waals surface area contributed by atoms with Gasteiger partial charge in [-0.1, -0.05) is 13.8 Å². The van der Waals surface area contributed by atoms with Gasteiger partial charge >= 0.3 is 0 Å². The number of nitrogens with zero attached hydrogens (tertiary/aromatic N) is 3. The summed E-state index contributed by atoms with van der Waals surface area (Å²) in [5, 5.41) is 9.09. The number of hydrogen-bond donors (Lipinski definition) is 0. The van der Waals surface area contributed by atoms with Crippen LogP contribution in [0.3, 0.4) is 0 Å². The number of aryl methyl sites for hydroxylation is 1. The largest absolute Gasteiger partial charge is 0.469 e. The Kier molecular flexibility index (Phi) is 4.80. The first-order chi connectivity index (χ1) is 9.71. The molecule has 1 saturated heterocycles. The van der Waals surface area contributed by atoms with Crippen molar-refractivity contribution in [2.45, 2.75) is 32.7 Å². The fraction of sp³-hybridized carbons (Fsp3) is 0.600. The van der Waals surface area contributed by atoms with Crippen molar-refractivity contribution in [2.75, 3.05) is 26.2 Å². The molecule has 2 rings (SSSR count). The zero-order valence-electron chi connectivity index (χ0n) is 12.1. The van der Waals surface area contributed by atoms with Gasteiger partial charge in [-0.25, -0.2) is 0 Å². The summed E-state index contributed by atoms with van der Waals surface area (Å²) in [5.74, 6) is 0.793. The van der Waals surface area contributed by atoms with E-state index in [0.717, 1.165) is 31.7 Å². The van der Waals surface area contributed by atoms with Gasteiger partial charge in [0, 0.05) is 32.6 Å². The predicted octanol–water partition coefficient (Wildman–Crippen LogP) is 1.90. The highest BCUT2D eigenvalue weighted by Gasteiger charge is 2.27. The molecule has 0 radical (unpaired) electrons. The van der Waals surface area contributed by atoms with E-state index in [1.807, 2.05) is 18.7 Å². The zero-order valence-corrected chi connectivity index (χ0v) is 12.1. The lowest BCUT2D eigenvalue weighted by atomic mass is 10.1. The van der Waals surface area contributed by atoms with E-state index >= 15 is 0 Å². The van der Waals surface area contributed by atoms with E-state index < -0.39 is 0 Å². The lowest BCUT2D eigenvalue weighted by Crippen LogP contribution is -2.51. The molecule has 1 aromatic rings. The smallest absolute Gasteiger partial charge is 0.257 e. The molecule has 0 aliphatic carbocycles. The summed E-state index contributed by atoms with van der Waals surface area (Å²) in [6.07, 6.45) is 3.12. The van der Waals surface area contributed by atoms with Gasteiger partial charge in [0.2, 0.25) is 0 Å². The van der Waals surface area contributed by atoms with Crippen molar-refractivity contribution >= 4 is 5.91 Å². The number of carbonyl (C=O) groups excluding carboxylic acids is 1. The summed E-state index contributed by atoms with van der Waals surface area (Å²) in [7, 11) is 0. The Morgan fingerprint density at radius 3 is 2.65 bits per heavy atom. The molecule has 1 unspecified atom stereocenters. The summed E-state index contributed by atoms with van der Waals surface area (Å²) in [6.45, 7) is 6.86. The second-order valence-corrected chi connectivity index (χ2v) is 4.99. The van der Waals surface area contributed by atoms with Crippen LogP contribution in [0.2, 0.25) is 0 Å². The first-order valence-electron chi connectivity index (χ1n) is 7.20. The number of nitriles is 1. The summed E-state index contributed by atoms with van der Waals surface area (Å²) < 4.78 is 5.32. The number of hydrogen-bond acceptors (Lipinski definition) is 4. The van der Waals surface area contributed by atoms with Gasteiger partial charge in [0.1, 0.15) is 5.76 Å². The molecule has 0 saturated carbocycles. The monoisotopic (exact) mass is 275 g/mol. The van der Waals surface area contributed by atoms with E-state index in [1.54, 1.807) is 12.3 Å². The van der Waals surface area contributed by atoms with Gasteiger partial charge in [-0.15, -0.1) is 0 Å². The van der Waals surface area contributed by atoms with Crippen molar-refractivity contribution in [3.63, 3.8) is 0 Å². The molecule has 5 heteroatoms. The van der Waals surface area contributed by atoms with Crippen LogP contribution in [0.1, 0.15) is 36.4 Å². The van der Waals surface area contributed by atoms with Gasteiger partial charge < -0.3 is 9.32 Å². The standard InChI is InChI=1S/C15H21N3O2/c1-3-12(11-16)17-6-8-18(9-7-17)15(19)13-5-10-20-14(13)4-2/h5,10,12H,3-4,6-9H2,1-2H3. The third kappa shape index (κ3) is 2.86. The highest BCUT2D eigenvalue weighted by atomic mass is 16.3. The van der Waals surface area contributed by atoms with Gasteiger partial charge in [0.25, 0.3) is 5.91 Å². The average molecular weight is 275 g/mol. The molecule has 20 heavy (non-hydrogen) atoms. The Labute approximate surface area is 119 Å². The Balaban J connectivity index is 1.97. The molecule has 1 aromatic heterocycles. The van der Waals surface area contributed by atoms with Crippen LogP contribution in [-0.4, -0.2) is 47.9 Å². The molecule has 0 bridgehead atoms. The average Bonchev–Trinajstić information content (AvgIpc) is 2.97. The number of rotatable bonds is 4. The second-order valence-electron chi connectivity index (χ2n) is 4.99. The zero-order chi connectivity index (χ0) is 14.5. The number of amides is 1. The molecule has 1 amide bonds. The van der Waals surface area contributed by atoms with Crippen molar-refractivity contribution in [1.29, 1.82) is 5.26 Å². The predicted molar refractivity (Wildman–Crippen MR) is 75.3 cm³/mol. The van der Waals surface area contributed by atoms with Crippen LogP contribution >= 0.6 is 0 Å². The van der Waals surface area contributed by atoms with Gasteiger partial charge in [0.05, 0.1) is 23.9 Å². The van der Waals surface area contributed by atoms with E-state index in [-0.39, 0.29) is 11.9 Å². The summed E-state index contributed by atoms with van der Waals surface area (Å²) in [4.78, 5) is 16.4. The molecule has 0 spiro atoms. The number of carbonyl (C=O) groups is 1. The van der Waals surface area contributed by atoms with Gasteiger partial charge in [-0.2, -0.15) is 5.26 Å². The molecule has 1 atom stereocenters. The normalized spacial score (nSPS) is 17.8. The minimum Gasteiger partial charge on any atom is -0.469 e. The van der Waals surface area contributed by atoms with E-state index in [9.17, 15) is 4.79 Å². The minimum absolute atomic E-state index is 0.0348. The first kappa shape index (κ1) is 14.6. The molecule has 2 heterocycles. The quantitative estimate of drug-likeness (QED) is 0.842. The van der Waals surface area contributed by atoms with E-state index in [0.29, 0.717) is 18.7 Å². The third-order valence-electron chi connectivity index (χ3n) is 3.87. The highest BCUT2D eigenvalue weighted by Crippen LogP contribution is 2.16. The molecule has 1 fully saturated rings. The van der Waals surface area contributed by atoms with Crippen LogP contribution in [0, 0.1) is 11.3 Å². The molecule has 1 aliphatic rings. The fourth-order valence-electron chi connectivity index (χ4n) is 2.64. The van der Waals surface area contributed by atoms with Crippen molar-refractivity contribution in [3.05, 3.63) is 23.7 Å². The van der Waals surface area contributed by atoms with E-state index in [1.165, 1.54) is 0 Å². The van der Waals surface area contributed by atoms with Crippen LogP contribution in [-0.2, 0) is 6.42 Å². The van der Waals surface area contributed by atoms with E-state index in [2.05, 4.69) is 11.0 Å². The molecular formula is C15H21N3O2. The van der Waals surface area contributed by atoms with Crippen LogP contribution in [0.25, 0.3) is 0 Å². The molecule has 1 aliphatic heterocycles. The van der Waals surface area contributed by atoms with Crippen LogP contribution in [0.5, 0.6) is 0 Å². The Morgan fingerprint density at radius 1 is 1.40 bits per heavy atom. The van der Waals surface area contributed by atoms with Crippen molar-refractivity contribution in [1.82, 2.24) is 9.80 Å². The SMILES string of the molecule is CCc1occc1C(=O)N1CCN(C(C#N)CC)CC1.